The van der Waals surface area contributed by atoms with Crippen molar-refractivity contribution in [2.45, 2.75) is 31.6 Å². The molecule has 7 nitrogen and oxygen atoms in total. The molecule has 0 saturated carbocycles. The van der Waals surface area contributed by atoms with Crippen LogP contribution in [0, 0.1) is 0 Å². The lowest BCUT2D eigenvalue weighted by Gasteiger charge is -2.11. The highest BCUT2D eigenvalue weighted by atomic mass is 16.5. The maximum atomic E-state index is 10.7. The number of rotatable bonds is 6. The summed E-state index contributed by atoms with van der Waals surface area (Å²) in [6.45, 7) is 1.23. The van der Waals surface area contributed by atoms with Gasteiger partial charge in [0.1, 0.15) is 0 Å². The summed E-state index contributed by atoms with van der Waals surface area (Å²) < 4.78 is 12.2. The van der Waals surface area contributed by atoms with Gasteiger partial charge in [0, 0.05) is 26.2 Å². The molecule has 7 heteroatoms. The Morgan fingerprint density at radius 1 is 1.68 bits per heavy atom. The third-order valence-electron chi connectivity index (χ3n) is 3.16. The van der Waals surface area contributed by atoms with Gasteiger partial charge in [-0.1, -0.05) is 0 Å². The summed E-state index contributed by atoms with van der Waals surface area (Å²) in [5.41, 5.74) is 0.882. The van der Waals surface area contributed by atoms with Crippen LogP contribution in [0.3, 0.4) is 0 Å². The summed E-state index contributed by atoms with van der Waals surface area (Å²) in [4.78, 5) is 10.7. The monoisotopic (exact) mass is 269 g/mol. The molecular formula is C12H19N3O4. The van der Waals surface area contributed by atoms with Crippen molar-refractivity contribution in [3.05, 3.63) is 11.8 Å². The first-order valence-electron chi connectivity index (χ1n) is 6.26. The molecule has 0 aromatic carbocycles. The van der Waals surface area contributed by atoms with Gasteiger partial charge in [0.2, 0.25) is 5.88 Å². The van der Waals surface area contributed by atoms with Gasteiger partial charge >= 0.3 is 5.97 Å². The topological polar surface area (TPSA) is 85.6 Å². The Labute approximate surface area is 111 Å². The van der Waals surface area contributed by atoms with E-state index in [-0.39, 0.29) is 6.10 Å². The van der Waals surface area contributed by atoms with Crippen LogP contribution in [0.5, 0.6) is 5.88 Å². The van der Waals surface area contributed by atoms with Crippen LogP contribution in [0.15, 0.2) is 6.07 Å². The van der Waals surface area contributed by atoms with E-state index in [2.05, 4.69) is 10.4 Å². The van der Waals surface area contributed by atoms with Crippen LogP contribution in [0.4, 0.5) is 0 Å². The Hall–Kier alpha value is -1.60. The number of aliphatic carboxylic acids is 1. The molecule has 106 valence electrons. The van der Waals surface area contributed by atoms with Crippen LogP contribution >= 0.6 is 0 Å². The Kier molecular flexibility index (Phi) is 4.39. The fourth-order valence-corrected chi connectivity index (χ4v) is 2.18. The number of methoxy groups -OCH3 is 1. The van der Waals surface area contributed by atoms with E-state index in [0.29, 0.717) is 25.4 Å². The van der Waals surface area contributed by atoms with Crippen molar-refractivity contribution in [1.82, 2.24) is 15.1 Å². The molecule has 1 saturated heterocycles. The van der Waals surface area contributed by atoms with Gasteiger partial charge < -0.3 is 19.9 Å². The molecule has 2 atom stereocenters. The molecule has 1 aromatic rings. The van der Waals surface area contributed by atoms with Gasteiger partial charge in [-0.3, -0.25) is 0 Å². The largest absolute Gasteiger partial charge is 0.481 e. The average molecular weight is 269 g/mol. The predicted octanol–water partition coefficient (Wildman–Crippen LogP) is 0.150. The van der Waals surface area contributed by atoms with Crippen LogP contribution < -0.4 is 10.1 Å². The van der Waals surface area contributed by atoms with Gasteiger partial charge in [0.05, 0.1) is 18.9 Å². The molecule has 0 radical (unpaired) electrons. The number of hydrogen-bond acceptors (Lipinski definition) is 5. The zero-order valence-corrected chi connectivity index (χ0v) is 11.1. The van der Waals surface area contributed by atoms with Crippen LogP contribution in [0.2, 0.25) is 0 Å². The molecule has 2 heterocycles. The van der Waals surface area contributed by atoms with E-state index in [9.17, 15) is 4.79 Å². The van der Waals surface area contributed by atoms with Crippen molar-refractivity contribution in [3.63, 3.8) is 0 Å². The van der Waals surface area contributed by atoms with E-state index in [1.54, 1.807) is 11.8 Å². The van der Waals surface area contributed by atoms with Gasteiger partial charge in [-0.05, 0) is 12.8 Å². The minimum Gasteiger partial charge on any atom is -0.481 e. The Morgan fingerprint density at radius 2 is 2.47 bits per heavy atom. The normalized spacial score (nSPS) is 22.6. The molecule has 1 fully saturated rings. The molecule has 2 rings (SSSR count). The third kappa shape index (κ3) is 3.45. The van der Waals surface area contributed by atoms with E-state index >= 15 is 0 Å². The standard InChI is InChI=1S/C12H19N3O4/c1-15-11(18-2)5-8(14-15)6-13-7-9-3-4-10(19-9)12(16)17/h5,9-10,13H,3-4,6-7H2,1-2H3,(H,16,17). The lowest BCUT2D eigenvalue weighted by Crippen LogP contribution is -2.28. The maximum absolute atomic E-state index is 10.7. The van der Waals surface area contributed by atoms with Crippen molar-refractivity contribution < 1.29 is 19.4 Å². The number of carboxylic acid groups (broad SMARTS) is 1. The van der Waals surface area contributed by atoms with Crippen LogP contribution in [-0.2, 0) is 23.1 Å². The fraction of sp³-hybridized carbons (Fsp3) is 0.667. The second kappa shape index (κ2) is 6.03. The number of ether oxygens (including phenoxy) is 2. The summed E-state index contributed by atoms with van der Waals surface area (Å²) in [6.07, 6.45) is 0.669. The number of nitrogens with one attached hydrogen (secondary N) is 1. The number of hydrogen-bond donors (Lipinski definition) is 2. The highest BCUT2D eigenvalue weighted by molar-refractivity contribution is 5.72. The first kappa shape index (κ1) is 13.8. The first-order chi connectivity index (χ1) is 9.10. The highest BCUT2D eigenvalue weighted by Crippen LogP contribution is 2.19. The third-order valence-corrected chi connectivity index (χ3v) is 3.16. The Morgan fingerprint density at radius 3 is 3.05 bits per heavy atom. The van der Waals surface area contributed by atoms with Crippen LogP contribution in [0.25, 0.3) is 0 Å². The van der Waals surface area contributed by atoms with Crippen molar-refractivity contribution in [3.8, 4) is 5.88 Å². The molecule has 2 N–H and O–H groups in total. The van der Waals surface area contributed by atoms with Crippen molar-refractivity contribution in [2.75, 3.05) is 13.7 Å². The SMILES string of the molecule is COc1cc(CNCC2CCC(C(=O)O)O2)nn1C. The van der Waals surface area contributed by atoms with Crippen LogP contribution in [0.1, 0.15) is 18.5 Å². The molecule has 1 aliphatic heterocycles. The highest BCUT2D eigenvalue weighted by Gasteiger charge is 2.29. The van der Waals surface area contributed by atoms with E-state index in [4.69, 9.17) is 14.6 Å². The molecule has 19 heavy (non-hydrogen) atoms. The molecular weight excluding hydrogens is 250 g/mol. The van der Waals surface area contributed by atoms with Crippen LogP contribution in [-0.4, -0.2) is 46.7 Å². The molecule has 1 aliphatic rings. The van der Waals surface area contributed by atoms with E-state index in [1.165, 1.54) is 0 Å². The van der Waals surface area contributed by atoms with Gasteiger partial charge in [-0.15, -0.1) is 0 Å². The number of nitrogens with zero attached hydrogens (tertiary/aromatic N) is 2. The molecule has 2 unspecified atom stereocenters. The maximum Gasteiger partial charge on any atom is 0.332 e. The second-order valence-electron chi connectivity index (χ2n) is 4.59. The number of aryl methyl sites for hydroxylation is 1. The zero-order valence-electron chi connectivity index (χ0n) is 11.1. The fourth-order valence-electron chi connectivity index (χ4n) is 2.18. The van der Waals surface area contributed by atoms with Crippen molar-refractivity contribution in [2.24, 2.45) is 7.05 Å². The molecule has 1 aromatic heterocycles. The minimum atomic E-state index is -0.878. The van der Waals surface area contributed by atoms with E-state index in [0.717, 1.165) is 12.1 Å². The minimum absolute atomic E-state index is 0.0355. The first-order valence-corrected chi connectivity index (χ1v) is 6.26. The number of carbonyl (C=O) groups is 1. The van der Waals surface area contributed by atoms with Gasteiger partial charge in [-0.25, -0.2) is 9.48 Å². The summed E-state index contributed by atoms with van der Waals surface area (Å²) in [5, 5.41) is 16.3. The van der Waals surface area contributed by atoms with Gasteiger partial charge in [0.15, 0.2) is 6.10 Å². The second-order valence-corrected chi connectivity index (χ2v) is 4.59. The van der Waals surface area contributed by atoms with E-state index in [1.807, 2.05) is 13.1 Å². The molecule has 0 amide bonds. The van der Waals surface area contributed by atoms with Crippen molar-refractivity contribution >= 4 is 5.97 Å². The summed E-state index contributed by atoms with van der Waals surface area (Å²) in [7, 11) is 3.42. The lowest BCUT2D eigenvalue weighted by molar-refractivity contribution is -0.149. The Balaban J connectivity index is 1.73. The smallest absolute Gasteiger partial charge is 0.332 e. The Bertz CT molecular complexity index is 446. The lowest BCUT2D eigenvalue weighted by atomic mass is 10.2. The molecule has 0 aliphatic carbocycles. The van der Waals surface area contributed by atoms with Crippen molar-refractivity contribution in [1.29, 1.82) is 0 Å². The molecule has 0 bridgehead atoms. The summed E-state index contributed by atoms with van der Waals surface area (Å²) >= 11 is 0. The van der Waals surface area contributed by atoms with E-state index < -0.39 is 12.1 Å². The summed E-state index contributed by atoms with van der Waals surface area (Å²) in [5.74, 6) is -0.170. The number of carboxylic acids is 1. The van der Waals surface area contributed by atoms with Gasteiger partial charge in [-0.2, -0.15) is 5.10 Å². The average Bonchev–Trinajstić information content (AvgIpc) is 2.96. The summed E-state index contributed by atoms with van der Waals surface area (Å²) in [6, 6.07) is 1.86. The predicted molar refractivity (Wildman–Crippen MR) is 67.0 cm³/mol. The number of aromatic nitrogens is 2. The molecule has 0 spiro atoms. The van der Waals surface area contributed by atoms with Gasteiger partial charge in [0.25, 0.3) is 0 Å². The quantitative estimate of drug-likeness (QED) is 0.764. The zero-order chi connectivity index (χ0) is 13.8.